The summed E-state index contributed by atoms with van der Waals surface area (Å²) in [7, 11) is 0. The molecular weight excluding hydrogens is 200 g/mol. The molecule has 1 N–H and O–H groups in total. The first kappa shape index (κ1) is 9.91. The summed E-state index contributed by atoms with van der Waals surface area (Å²) in [6.45, 7) is 0.723. The summed E-state index contributed by atoms with van der Waals surface area (Å²) in [5.41, 5.74) is 2.68. The van der Waals surface area contributed by atoms with E-state index in [-0.39, 0.29) is 5.92 Å². The smallest absolute Gasteiger partial charge is 0.121 e. The fraction of sp³-hybridized carbons (Fsp3) is 0.429. The number of fused-ring (bicyclic) bond motifs is 1. The molecular formula is C14H16O2. The van der Waals surface area contributed by atoms with E-state index in [0.29, 0.717) is 0 Å². The van der Waals surface area contributed by atoms with E-state index in [1.807, 2.05) is 12.1 Å². The standard InChI is InChI=1S/C14H16O2/c15-14(13-6-3-9-16-13)12-8-7-10-4-1-2-5-11(10)12/h1-2,4-6,12,14-15H,3,7-9H2. The molecule has 0 spiro atoms. The van der Waals surface area contributed by atoms with Crippen molar-refractivity contribution in [2.45, 2.75) is 31.3 Å². The van der Waals surface area contributed by atoms with Gasteiger partial charge in [0.25, 0.3) is 0 Å². The van der Waals surface area contributed by atoms with Crippen LogP contribution in [0, 0.1) is 0 Å². The Morgan fingerprint density at radius 1 is 1.31 bits per heavy atom. The number of ether oxygens (including phenoxy) is 1. The van der Waals surface area contributed by atoms with Gasteiger partial charge in [-0.1, -0.05) is 24.3 Å². The molecule has 16 heavy (non-hydrogen) atoms. The van der Waals surface area contributed by atoms with Crippen LogP contribution in [0.25, 0.3) is 0 Å². The van der Waals surface area contributed by atoms with Crippen molar-refractivity contribution in [3.8, 4) is 0 Å². The molecule has 0 aromatic heterocycles. The Balaban J connectivity index is 1.87. The lowest BCUT2D eigenvalue weighted by Crippen LogP contribution is -2.19. The Labute approximate surface area is 95.6 Å². The highest BCUT2D eigenvalue weighted by molar-refractivity contribution is 5.37. The lowest BCUT2D eigenvalue weighted by Gasteiger charge is -2.20. The van der Waals surface area contributed by atoms with Crippen LogP contribution in [0.2, 0.25) is 0 Å². The van der Waals surface area contributed by atoms with E-state index in [0.717, 1.165) is 31.6 Å². The number of aliphatic hydroxyl groups is 1. The minimum Gasteiger partial charge on any atom is -0.495 e. The molecule has 1 heterocycles. The van der Waals surface area contributed by atoms with Gasteiger partial charge in [-0.3, -0.25) is 0 Å². The lowest BCUT2D eigenvalue weighted by molar-refractivity contribution is 0.0980. The summed E-state index contributed by atoms with van der Waals surface area (Å²) in [6.07, 6.45) is 4.60. The third kappa shape index (κ3) is 1.54. The summed E-state index contributed by atoms with van der Waals surface area (Å²) in [4.78, 5) is 0. The second-order valence-electron chi connectivity index (χ2n) is 4.53. The zero-order valence-corrected chi connectivity index (χ0v) is 9.23. The summed E-state index contributed by atoms with van der Waals surface area (Å²) in [6, 6.07) is 8.41. The molecule has 2 unspecified atom stereocenters. The van der Waals surface area contributed by atoms with Crippen LogP contribution in [0.5, 0.6) is 0 Å². The van der Waals surface area contributed by atoms with Crippen molar-refractivity contribution in [3.05, 3.63) is 47.2 Å². The average molecular weight is 216 g/mol. The van der Waals surface area contributed by atoms with Gasteiger partial charge in [0.1, 0.15) is 11.9 Å². The topological polar surface area (TPSA) is 29.5 Å². The van der Waals surface area contributed by atoms with Gasteiger partial charge in [0.05, 0.1) is 6.61 Å². The molecule has 1 aliphatic carbocycles. The highest BCUT2D eigenvalue weighted by atomic mass is 16.5. The van der Waals surface area contributed by atoms with Gasteiger partial charge < -0.3 is 9.84 Å². The van der Waals surface area contributed by atoms with Crippen LogP contribution >= 0.6 is 0 Å². The summed E-state index contributed by atoms with van der Waals surface area (Å²) in [5, 5.41) is 10.3. The number of hydrogen-bond donors (Lipinski definition) is 1. The Kier molecular flexibility index (Phi) is 2.44. The number of aliphatic hydroxyl groups excluding tert-OH is 1. The van der Waals surface area contributed by atoms with Crippen LogP contribution in [0.3, 0.4) is 0 Å². The van der Waals surface area contributed by atoms with E-state index in [1.54, 1.807) is 0 Å². The number of benzene rings is 1. The van der Waals surface area contributed by atoms with E-state index in [2.05, 4.69) is 18.2 Å². The Morgan fingerprint density at radius 2 is 2.19 bits per heavy atom. The minimum absolute atomic E-state index is 0.223. The van der Waals surface area contributed by atoms with Gasteiger partial charge in [0.2, 0.25) is 0 Å². The molecule has 1 aromatic carbocycles. The SMILES string of the molecule is OC(C1=CCCO1)C1CCc2ccccc21. The fourth-order valence-corrected chi connectivity index (χ4v) is 2.76. The fourth-order valence-electron chi connectivity index (χ4n) is 2.76. The van der Waals surface area contributed by atoms with Crippen LogP contribution in [0.15, 0.2) is 36.1 Å². The van der Waals surface area contributed by atoms with Crippen molar-refractivity contribution in [3.63, 3.8) is 0 Å². The first-order chi connectivity index (χ1) is 7.86. The first-order valence-electron chi connectivity index (χ1n) is 5.95. The van der Waals surface area contributed by atoms with Gasteiger partial charge in [0.15, 0.2) is 0 Å². The van der Waals surface area contributed by atoms with Crippen molar-refractivity contribution >= 4 is 0 Å². The molecule has 2 atom stereocenters. The molecule has 1 aromatic rings. The van der Waals surface area contributed by atoms with Crippen LogP contribution in [0.4, 0.5) is 0 Å². The van der Waals surface area contributed by atoms with Gasteiger partial charge in [-0.05, 0) is 30.0 Å². The quantitative estimate of drug-likeness (QED) is 0.822. The molecule has 0 saturated carbocycles. The molecule has 1 aliphatic heterocycles. The summed E-state index contributed by atoms with van der Waals surface area (Å²) in [5.74, 6) is 1.00. The summed E-state index contributed by atoms with van der Waals surface area (Å²) < 4.78 is 5.45. The molecule has 0 saturated heterocycles. The molecule has 3 rings (SSSR count). The average Bonchev–Trinajstić information content (AvgIpc) is 2.98. The molecule has 0 radical (unpaired) electrons. The van der Waals surface area contributed by atoms with Crippen LogP contribution in [-0.4, -0.2) is 17.8 Å². The third-order valence-electron chi connectivity index (χ3n) is 3.58. The predicted octanol–water partition coefficient (Wildman–Crippen LogP) is 2.38. The molecule has 2 heteroatoms. The summed E-state index contributed by atoms with van der Waals surface area (Å²) >= 11 is 0. The molecule has 0 bridgehead atoms. The maximum atomic E-state index is 10.3. The maximum absolute atomic E-state index is 10.3. The Bertz CT molecular complexity index is 422. The molecule has 84 valence electrons. The predicted molar refractivity (Wildman–Crippen MR) is 62.2 cm³/mol. The van der Waals surface area contributed by atoms with Crippen molar-refractivity contribution in [1.82, 2.24) is 0 Å². The van der Waals surface area contributed by atoms with E-state index in [9.17, 15) is 5.11 Å². The Hall–Kier alpha value is -1.28. The Morgan fingerprint density at radius 3 is 3.00 bits per heavy atom. The van der Waals surface area contributed by atoms with Crippen molar-refractivity contribution < 1.29 is 9.84 Å². The third-order valence-corrected chi connectivity index (χ3v) is 3.58. The largest absolute Gasteiger partial charge is 0.495 e. The highest BCUT2D eigenvalue weighted by Gasteiger charge is 2.32. The van der Waals surface area contributed by atoms with Crippen molar-refractivity contribution in [1.29, 1.82) is 0 Å². The number of aryl methyl sites for hydroxylation is 1. The van der Waals surface area contributed by atoms with Crippen LogP contribution < -0.4 is 0 Å². The second-order valence-corrected chi connectivity index (χ2v) is 4.53. The normalized spacial score (nSPS) is 24.8. The molecule has 0 amide bonds. The number of rotatable bonds is 2. The van der Waals surface area contributed by atoms with Crippen LogP contribution in [0.1, 0.15) is 29.9 Å². The first-order valence-corrected chi connectivity index (χ1v) is 5.95. The molecule has 0 fully saturated rings. The van der Waals surface area contributed by atoms with Gasteiger partial charge in [-0.25, -0.2) is 0 Å². The lowest BCUT2D eigenvalue weighted by atomic mass is 9.94. The highest BCUT2D eigenvalue weighted by Crippen LogP contribution is 2.38. The van der Waals surface area contributed by atoms with Crippen molar-refractivity contribution in [2.75, 3.05) is 6.61 Å². The second kappa shape index (κ2) is 3.95. The van der Waals surface area contributed by atoms with Gasteiger partial charge >= 0.3 is 0 Å². The van der Waals surface area contributed by atoms with E-state index in [1.165, 1.54) is 11.1 Å². The molecule has 2 nitrogen and oxygen atoms in total. The van der Waals surface area contributed by atoms with E-state index in [4.69, 9.17) is 4.74 Å². The van der Waals surface area contributed by atoms with Crippen molar-refractivity contribution in [2.24, 2.45) is 0 Å². The minimum atomic E-state index is -0.453. The molecule has 2 aliphatic rings. The number of hydrogen-bond acceptors (Lipinski definition) is 2. The van der Waals surface area contributed by atoms with Gasteiger partial charge in [0, 0.05) is 12.3 Å². The zero-order valence-electron chi connectivity index (χ0n) is 9.23. The van der Waals surface area contributed by atoms with Crippen LogP contribution in [-0.2, 0) is 11.2 Å². The zero-order chi connectivity index (χ0) is 11.0. The van der Waals surface area contributed by atoms with E-state index < -0.39 is 6.10 Å². The monoisotopic (exact) mass is 216 g/mol. The van der Waals surface area contributed by atoms with Gasteiger partial charge in [-0.2, -0.15) is 0 Å². The van der Waals surface area contributed by atoms with E-state index >= 15 is 0 Å². The van der Waals surface area contributed by atoms with Gasteiger partial charge in [-0.15, -0.1) is 0 Å². The maximum Gasteiger partial charge on any atom is 0.121 e.